The minimum Gasteiger partial charge on any atom is -0.497 e. The van der Waals surface area contributed by atoms with E-state index < -0.39 is 0 Å². The Kier molecular flexibility index (Phi) is 2.49. The maximum atomic E-state index is 10.5. The maximum Gasteiger partial charge on any atom is 0.151 e. The van der Waals surface area contributed by atoms with Gasteiger partial charge in [-0.05, 0) is 18.2 Å². The third-order valence-corrected chi connectivity index (χ3v) is 1.54. The largest absolute Gasteiger partial charge is 0.497 e. The Bertz CT molecular complexity index is 334. The van der Waals surface area contributed by atoms with Gasteiger partial charge < -0.3 is 4.74 Å². The number of carbonyl (C=O) groups is 1. The Balaban J connectivity index is 3.21. The third-order valence-electron chi connectivity index (χ3n) is 1.54. The van der Waals surface area contributed by atoms with Gasteiger partial charge in [-0.1, -0.05) is 5.92 Å². The molecule has 1 rings (SSSR count). The van der Waals surface area contributed by atoms with Crippen LogP contribution in [-0.2, 0) is 0 Å². The van der Waals surface area contributed by atoms with Crippen molar-refractivity contribution in [3.05, 3.63) is 29.3 Å². The van der Waals surface area contributed by atoms with Crippen molar-refractivity contribution in [3.8, 4) is 18.1 Å². The summed E-state index contributed by atoms with van der Waals surface area (Å²) in [6.07, 6.45) is 5.89. The molecule has 0 N–H and O–H groups in total. The van der Waals surface area contributed by atoms with Crippen molar-refractivity contribution in [2.24, 2.45) is 0 Å². The van der Waals surface area contributed by atoms with Gasteiger partial charge in [0.05, 0.1) is 7.11 Å². The Labute approximate surface area is 71.2 Å². The summed E-state index contributed by atoms with van der Waals surface area (Å²) in [5, 5.41) is 0. The van der Waals surface area contributed by atoms with Gasteiger partial charge in [-0.2, -0.15) is 0 Å². The lowest BCUT2D eigenvalue weighted by Gasteiger charge is -2.01. The highest BCUT2D eigenvalue weighted by atomic mass is 16.5. The van der Waals surface area contributed by atoms with Crippen LogP contribution in [0.1, 0.15) is 15.9 Å². The predicted octanol–water partition coefficient (Wildman–Crippen LogP) is 1.49. The Morgan fingerprint density at radius 2 is 2.33 bits per heavy atom. The van der Waals surface area contributed by atoms with E-state index in [9.17, 15) is 4.79 Å². The van der Waals surface area contributed by atoms with Gasteiger partial charge >= 0.3 is 0 Å². The molecule has 0 saturated heterocycles. The second kappa shape index (κ2) is 3.59. The molecule has 0 aliphatic rings. The zero-order valence-corrected chi connectivity index (χ0v) is 6.70. The molecule has 1 aromatic carbocycles. The van der Waals surface area contributed by atoms with Gasteiger partial charge in [0.25, 0.3) is 0 Å². The van der Waals surface area contributed by atoms with Crippen molar-refractivity contribution >= 4 is 6.29 Å². The van der Waals surface area contributed by atoms with E-state index in [1.165, 1.54) is 0 Å². The van der Waals surface area contributed by atoms with Gasteiger partial charge in [0.15, 0.2) is 6.29 Å². The van der Waals surface area contributed by atoms with Crippen LogP contribution in [0.3, 0.4) is 0 Å². The summed E-state index contributed by atoms with van der Waals surface area (Å²) in [4.78, 5) is 10.5. The fourth-order valence-corrected chi connectivity index (χ4v) is 0.897. The van der Waals surface area contributed by atoms with Crippen LogP contribution in [0.15, 0.2) is 18.2 Å². The van der Waals surface area contributed by atoms with Crippen LogP contribution in [0.25, 0.3) is 0 Å². The highest BCUT2D eigenvalue weighted by Crippen LogP contribution is 2.14. The number of rotatable bonds is 2. The minimum atomic E-state index is 0.483. The number of benzene rings is 1. The van der Waals surface area contributed by atoms with Gasteiger partial charge in [0, 0.05) is 11.1 Å². The molecule has 60 valence electrons. The summed E-state index contributed by atoms with van der Waals surface area (Å²) in [6.45, 7) is 0. The number of carbonyl (C=O) groups excluding carboxylic acids is 1. The average molecular weight is 160 g/mol. The first kappa shape index (κ1) is 8.35. The van der Waals surface area contributed by atoms with E-state index >= 15 is 0 Å². The molecule has 0 aliphatic heterocycles. The summed E-state index contributed by atoms with van der Waals surface area (Å²) < 4.78 is 4.93. The summed E-state index contributed by atoms with van der Waals surface area (Å²) in [7, 11) is 1.54. The number of methoxy groups -OCH3 is 1. The molecule has 0 aliphatic carbocycles. The van der Waals surface area contributed by atoms with Crippen molar-refractivity contribution in [2.45, 2.75) is 0 Å². The third kappa shape index (κ3) is 1.46. The zero-order valence-electron chi connectivity index (χ0n) is 6.70. The SMILES string of the molecule is C#Cc1ccc(OC)cc1C=O. The first-order chi connectivity index (χ1) is 5.81. The van der Waals surface area contributed by atoms with Crippen LogP contribution in [0.4, 0.5) is 0 Å². The molecule has 2 heteroatoms. The molecule has 0 saturated carbocycles. The van der Waals surface area contributed by atoms with Crippen molar-refractivity contribution in [2.75, 3.05) is 7.11 Å². The van der Waals surface area contributed by atoms with E-state index in [0.717, 1.165) is 6.29 Å². The van der Waals surface area contributed by atoms with Crippen LogP contribution in [0.5, 0.6) is 5.75 Å². The van der Waals surface area contributed by atoms with Crippen LogP contribution in [0, 0.1) is 12.3 Å². The highest BCUT2D eigenvalue weighted by molar-refractivity contribution is 5.80. The molecular weight excluding hydrogens is 152 g/mol. The first-order valence-electron chi connectivity index (χ1n) is 3.41. The van der Waals surface area contributed by atoms with Crippen molar-refractivity contribution in [3.63, 3.8) is 0 Å². The molecule has 1 aromatic rings. The van der Waals surface area contributed by atoms with E-state index in [1.54, 1.807) is 25.3 Å². The lowest BCUT2D eigenvalue weighted by molar-refractivity contribution is 0.112. The van der Waals surface area contributed by atoms with Crippen LogP contribution < -0.4 is 4.74 Å². The average Bonchev–Trinajstić information content (AvgIpc) is 2.16. The topological polar surface area (TPSA) is 26.3 Å². The number of terminal acetylenes is 1. The van der Waals surface area contributed by atoms with Crippen molar-refractivity contribution in [1.29, 1.82) is 0 Å². The molecule has 0 fully saturated rings. The minimum absolute atomic E-state index is 0.483. The maximum absolute atomic E-state index is 10.5. The first-order valence-corrected chi connectivity index (χ1v) is 3.41. The molecule has 0 atom stereocenters. The smallest absolute Gasteiger partial charge is 0.151 e. The molecule has 0 spiro atoms. The summed E-state index contributed by atoms with van der Waals surface area (Å²) in [5.41, 5.74) is 1.07. The lowest BCUT2D eigenvalue weighted by Crippen LogP contribution is -1.89. The Morgan fingerprint density at radius 3 is 2.83 bits per heavy atom. The van der Waals surface area contributed by atoms with Crippen LogP contribution >= 0.6 is 0 Å². The molecule has 0 heterocycles. The normalized spacial score (nSPS) is 8.67. The summed E-state index contributed by atoms with van der Waals surface area (Å²) in [6, 6.07) is 5.02. The van der Waals surface area contributed by atoms with Crippen LogP contribution in [0.2, 0.25) is 0 Å². The van der Waals surface area contributed by atoms with Gasteiger partial charge in [-0.3, -0.25) is 4.79 Å². The molecule has 12 heavy (non-hydrogen) atoms. The highest BCUT2D eigenvalue weighted by Gasteiger charge is 1.99. The summed E-state index contributed by atoms with van der Waals surface area (Å²) in [5.74, 6) is 3.05. The number of ether oxygens (including phenoxy) is 1. The second-order valence-corrected chi connectivity index (χ2v) is 2.22. The molecule has 0 aromatic heterocycles. The molecular formula is C10H8O2. The predicted molar refractivity (Wildman–Crippen MR) is 46.3 cm³/mol. The number of hydrogen-bond acceptors (Lipinski definition) is 2. The molecule has 0 amide bonds. The van der Waals surface area contributed by atoms with E-state index in [0.29, 0.717) is 16.9 Å². The molecule has 0 radical (unpaired) electrons. The Morgan fingerprint density at radius 1 is 1.58 bits per heavy atom. The van der Waals surface area contributed by atoms with E-state index in [4.69, 9.17) is 11.2 Å². The monoisotopic (exact) mass is 160 g/mol. The van der Waals surface area contributed by atoms with Crippen LogP contribution in [-0.4, -0.2) is 13.4 Å². The molecule has 2 nitrogen and oxygen atoms in total. The van der Waals surface area contributed by atoms with Gasteiger partial charge in [-0.25, -0.2) is 0 Å². The van der Waals surface area contributed by atoms with E-state index in [2.05, 4.69) is 5.92 Å². The van der Waals surface area contributed by atoms with E-state index in [1.807, 2.05) is 0 Å². The van der Waals surface area contributed by atoms with Crippen molar-refractivity contribution in [1.82, 2.24) is 0 Å². The standard InChI is InChI=1S/C10H8O2/c1-3-8-4-5-10(12-2)6-9(8)7-11/h1,4-7H,2H3. The lowest BCUT2D eigenvalue weighted by atomic mass is 10.1. The quantitative estimate of drug-likeness (QED) is 0.484. The second-order valence-electron chi connectivity index (χ2n) is 2.22. The molecule has 0 bridgehead atoms. The van der Waals surface area contributed by atoms with E-state index in [-0.39, 0.29) is 0 Å². The van der Waals surface area contributed by atoms with Gasteiger partial charge in [0.2, 0.25) is 0 Å². The summed E-state index contributed by atoms with van der Waals surface area (Å²) >= 11 is 0. The number of aldehydes is 1. The zero-order chi connectivity index (χ0) is 8.97. The molecule has 0 unspecified atom stereocenters. The van der Waals surface area contributed by atoms with Crippen molar-refractivity contribution < 1.29 is 9.53 Å². The Hall–Kier alpha value is -1.75. The van der Waals surface area contributed by atoms with Gasteiger partial charge in [-0.15, -0.1) is 6.42 Å². The number of hydrogen-bond donors (Lipinski definition) is 0. The fraction of sp³-hybridized carbons (Fsp3) is 0.100. The fourth-order valence-electron chi connectivity index (χ4n) is 0.897. The van der Waals surface area contributed by atoms with Gasteiger partial charge in [0.1, 0.15) is 5.75 Å².